The van der Waals surface area contributed by atoms with Gasteiger partial charge in [-0.1, -0.05) is 18.2 Å². The molecule has 2 aromatic carbocycles. The zero-order chi connectivity index (χ0) is 25.7. The number of benzene rings is 2. The maximum Gasteiger partial charge on any atom is 0.233 e. The van der Waals surface area contributed by atoms with Crippen molar-refractivity contribution in [2.45, 2.75) is 19.4 Å². The van der Waals surface area contributed by atoms with Crippen LogP contribution in [0.2, 0.25) is 0 Å². The van der Waals surface area contributed by atoms with Crippen LogP contribution in [0.4, 0.5) is 23.4 Å². The summed E-state index contributed by atoms with van der Waals surface area (Å²) in [5.41, 5.74) is 2.06. The van der Waals surface area contributed by atoms with Gasteiger partial charge < -0.3 is 19.5 Å². The molecule has 0 spiro atoms. The molecular weight excluding hydrogens is 482 g/mol. The number of imidazole rings is 1. The van der Waals surface area contributed by atoms with Gasteiger partial charge in [-0.25, -0.2) is 15.0 Å². The van der Waals surface area contributed by atoms with Crippen LogP contribution < -0.4 is 15.4 Å². The van der Waals surface area contributed by atoms with Crippen LogP contribution in [0.1, 0.15) is 12.8 Å². The molecule has 1 aliphatic heterocycles. The molecule has 0 atom stereocenters. The molecule has 6 rings (SSSR count). The topological polar surface area (TPSA) is 123 Å². The van der Waals surface area contributed by atoms with E-state index in [9.17, 15) is 4.79 Å². The third-order valence-electron chi connectivity index (χ3n) is 6.13. The van der Waals surface area contributed by atoms with Crippen LogP contribution in [0.25, 0.3) is 11.2 Å². The van der Waals surface area contributed by atoms with Crippen LogP contribution in [-0.4, -0.2) is 53.4 Å². The van der Waals surface area contributed by atoms with Gasteiger partial charge in [-0.15, -0.1) is 0 Å². The van der Waals surface area contributed by atoms with Crippen molar-refractivity contribution in [1.82, 2.24) is 34.4 Å². The number of nitrogens with zero attached hydrogens (tertiary/aromatic N) is 7. The fourth-order valence-electron chi connectivity index (χ4n) is 4.25. The molecule has 0 bridgehead atoms. The molecular formula is C27H25N9O2. The molecule has 2 N–H and O–H groups in total. The lowest BCUT2D eigenvalue weighted by Gasteiger charge is -2.16. The second-order valence-corrected chi connectivity index (χ2v) is 8.75. The van der Waals surface area contributed by atoms with Gasteiger partial charge in [-0.2, -0.15) is 9.97 Å². The molecule has 190 valence electrons. The third kappa shape index (κ3) is 5.21. The lowest BCUT2D eigenvalue weighted by Crippen LogP contribution is -2.28. The first-order valence-corrected chi connectivity index (χ1v) is 12.4. The summed E-state index contributed by atoms with van der Waals surface area (Å²) < 4.78 is 7.83. The Balaban J connectivity index is 1.27. The van der Waals surface area contributed by atoms with Gasteiger partial charge in [-0.3, -0.25) is 10.1 Å². The van der Waals surface area contributed by atoms with Gasteiger partial charge in [0.2, 0.25) is 17.8 Å². The Hall–Kier alpha value is -5.06. The van der Waals surface area contributed by atoms with E-state index in [0.29, 0.717) is 48.4 Å². The summed E-state index contributed by atoms with van der Waals surface area (Å²) in [6, 6.07) is 19.0. The zero-order valence-corrected chi connectivity index (χ0v) is 20.5. The van der Waals surface area contributed by atoms with Crippen LogP contribution in [0, 0.1) is 0 Å². The maximum atomic E-state index is 12.1. The highest BCUT2D eigenvalue weighted by Gasteiger charge is 2.21. The Morgan fingerprint density at radius 3 is 2.37 bits per heavy atom. The quantitative estimate of drug-likeness (QED) is 0.296. The van der Waals surface area contributed by atoms with E-state index < -0.39 is 0 Å². The van der Waals surface area contributed by atoms with Gasteiger partial charge >= 0.3 is 0 Å². The van der Waals surface area contributed by atoms with Crippen LogP contribution in [-0.2, 0) is 11.3 Å². The maximum absolute atomic E-state index is 12.1. The normalized spacial score (nSPS) is 13.2. The molecule has 0 radical (unpaired) electrons. The molecule has 11 nitrogen and oxygen atoms in total. The van der Waals surface area contributed by atoms with E-state index in [1.165, 1.54) is 0 Å². The summed E-state index contributed by atoms with van der Waals surface area (Å²) in [7, 11) is 0. The average Bonchev–Trinajstić information content (AvgIpc) is 3.55. The van der Waals surface area contributed by atoms with Crippen LogP contribution in [0.5, 0.6) is 11.5 Å². The summed E-state index contributed by atoms with van der Waals surface area (Å²) in [6.45, 7) is 1.96. The number of likely N-dealkylation sites (tertiary alicyclic amines) is 1. The number of aromatic nitrogens is 6. The molecule has 1 aliphatic rings. The van der Waals surface area contributed by atoms with E-state index in [2.05, 4.69) is 30.6 Å². The number of hydrogen-bond donors (Lipinski definition) is 2. The highest BCUT2D eigenvalue weighted by Crippen LogP contribution is 2.28. The fraction of sp³-hybridized carbons (Fsp3) is 0.185. The minimum absolute atomic E-state index is 0.190. The number of carbonyl (C=O) groups excluding carboxylic acids is 1. The molecule has 3 aromatic heterocycles. The van der Waals surface area contributed by atoms with Gasteiger partial charge in [0.15, 0.2) is 17.0 Å². The number of ether oxygens (including phenoxy) is 1. The molecule has 5 aromatic rings. The Bertz CT molecular complexity index is 1540. The molecule has 0 saturated carbocycles. The van der Waals surface area contributed by atoms with Crippen molar-refractivity contribution < 1.29 is 9.53 Å². The predicted octanol–water partition coefficient (Wildman–Crippen LogP) is 4.52. The average molecular weight is 508 g/mol. The number of amides is 1. The van der Waals surface area contributed by atoms with E-state index in [0.717, 1.165) is 30.2 Å². The Morgan fingerprint density at radius 1 is 0.816 bits per heavy atom. The zero-order valence-electron chi connectivity index (χ0n) is 20.5. The molecule has 38 heavy (non-hydrogen) atoms. The highest BCUT2D eigenvalue weighted by atomic mass is 16.5. The standard InChI is InChI=1S/C27H25N9O2/c37-22-8-4-15-35(22)16-17-36-18-30-23-24(32-27(33-25(23)36)34-26-28-13-5-14-29-26)31-19-9-11-21(12-10-19)38-20-6-2-1-3-7-20/h1-3,5-7,9-14,18H,4,8,15-17H2,(H2,28,29,31,32,33,34). The SMILES string of the molecule is O=C1CCCN1CCn1cnc2c(Nc3ccc(Oc4ccccc4)cc3)nc(Nc3ncccn3)nc21. The van der Waals surface area contributed by atoms with Crippen molar-refractivity contribution in [3.8, 4) is 11.5 Å². The minimum Gasteiger partial charge on any atom is -0.457 e. The fourth-order valence-corrected chi connectivity index (χ4v) is 4.25. The molecule has 1 amide bonds. The van der Waals surface area contributed by atoms with Crippen LogP contribution in [0.15, 0.2) is 79.4 Å². The smallest absolute Gasteiger partial charge is 0.233 e. The molecule has 1 saturated heterocycles. The molecule has 11 heteroatoms. The van der Waals surface area contributed by atoms with Crippen LogP contribution in [0.3, 0.4) is 0 Å². The summed E-state index contributed by atoms with van der Waals surface area (Å²) >= 11 is 0. The molecule has 0 unspecified atom stereocenters. The van der Waals surface area contributed by atoms with Crippen molar-refractivity contribution in [1.29, 1.82) is 0 Å². The number of hydrogen-bond acceptors (Lipinski definition) is 9. The predicted molar refractivity (Wildman–Crippen MR) is 143 cm³/mol. The second kappa shape index (κ2) is 10.5. The largest absolute Gasteiger partial charge is 0.457 e. The first-order valence-electron chi connectivity index (χ1n) is 12.4. The Labute approximate surface area is 218 Å². The van der Waals surface area contributed by atoms with Crippen molar-refractivity contribution >= 4 is 40.5 Å². The first kappa shape index (κ1) is 23.3. The number of rotatable bonds is 9. The van der Waals surface area contributed by atoms with E-state index >= 15 is 0 Å². The van der Waals surface area contributed by atoms with Gasteiger partial charge in [0.1, 0.15) is 11.5 Å². The Morgan fingerprint density at radius 2 is 1.61 bits per heavy atom. The summed E-state index contributed by atoms with van der Waals surface area (Å²) in [5.74, 6) is 2.92. The van der Waals surface area contributed by atoms with Crippen molar-refractivity contribution in [3.05, 3.63) is 79.4 Å². The van der Waals surface area contributed by atoms with E-state index in [-0.39, 0.29) is 5.91 Å². The summed E-state index contributed by atoms with van der Waals surface area (Å²) in [5, 5.41) is 6.42. The minimum atomic E-state index is 0.190. The van der Waals surface area contributed by atoms with E-state index in [1.54, 1.807) is 24.8 Å². The van der Waals surface area contributed by atoms with Gasteiger partial charge in [-0.05, 0) is 48.9 Å². The summed E-state index contributed by atoms with van der Waals surface area (Å²) in [6.07, 6.45) is 6.53. The molecule has 1 fully saturated rings. The Kier molecular flexibility index (Phi) is 6.46. The lowest BCUT2D eigenvalue weighted by atomic mass is 10.3. The lowest BCUT2D eigenvalue weighted by molar-refractivity contribution is -0.127. The van der Waals surface area contributed by atoms with Gasteiger partial charge in [0, 0.05) is 44.1 Å². The van der Waals surface area contributed by atoms with E-state index in [1.807, 2.05) is 64.1 Å². The monoisotopic (exact) mass is 507 g/mol. The summed E-state index contributed by atoms with van der Waals surface area (Å²) in [4.78, 5) is 36.3. The highest BCUT2D eigenvalue weighted by molar-refractivity contribution is 5.87. The number of anilines is 4. The van der Waals surface area contributed by atoms with Gasteiger partial charge in [0.05, 0.1) is 6.33 Å². The van der Waals surface area contributed by atoms with E-state index in [4.69, 9.17) is 9.72 Å². The molecule has 4 heterocycles. The molecule has 0 aliphatic carbocycles. The van der Waals surface area contributed by atoms with Crippen molar-refractivity contribution in [2.75, 3.05) is 23.7 Å². The first-order chi connectivity index (χ1) is 18.7. The second-order valence-electron chi connectivity index (χ2n) is 8.75. The number of nitrogens with one attached hydrogen (secondary N) is 2. The van der Waals surface area contributed by atoms with Crippen LogP contribution >= 0.6 is 0 Å². The van der Waals surface area contributed by atoms with Crippen molar-refractivity contribution in [3.63, 3.8) is 0 Å². The van der Waals surface area contributed by atoms with Gasteiger partial charge in [0.25, 0.3) is 0 Å². The number of carbonyl (C=O) groups is 1. The number of fused-ring (bicyclic) bond motifs is 1. The third-order valence-corrected chi connectivity index (χ3v) is 6.13. The van der Waals surface area contributed by atoms with Crippen molar-refractivity contribution in [2.24, 2.45) is 0 Å². The number of para-hydroxylation sites is 1.